The van der Waals surface area contributed by atoms with Crippen molar-refractivity contribution in [2.24, 2.45) is 0 Å². The molecule has 2 aromatic rings. The van der Waals surface area contributed by atoms with E-state index >= 15 is 0 Å². The highest BCUT2D eigenvalue weighted by atomic mass is 35.5. The number of nitrogens with zero attached hydrogens (tertiary/aromatic N) is 5. The van der Waals surface area contributed by atoms with Crippen LogP contribution in [-0.2, 0) is 13.0 Å². The van der Waals surface area contributed by atoms with Crippen LogP contribution >= 0.6 is 23.2 Å². The van der Waals surface area contributed by atoms with Crippen LogP contribution in [0.1, 0.15) is 41.9 Å². The zero-order valence-corrected chi connectivity index (χ0v) is 14.2. The summed E-state index contributed by atoms with van der Waals surface area (Å²) in [5.74, 6) is 0.823. The molecule has 0 radical (unpaired) electrons. The van der Waals surface area contributed by atoms with Crippen LogP contribution in [0.25, 0.3) is 0 Å². The first-order valence-electron chi connectivity index (χ1n) is 7.67. The molecule has 8 heteroatoms. The smallest absolute Gasteiger partial charge is 0.165 e. The van der Waals surface area contributed by atoms with Crippen LogP contribution in [-0.4, -0.2) is 43.4 Å². The Balaban J connectivity index is 1.61. The van der Waals surface area contributed by atoms with Crippen molar-refractivity contribution in [2.75, 3.05) is 7.05 Å². The topological polar surface area (TPSA) is 67.1 Å². The molecule has 0 amide bonds. The van der Waals surface area contributed by atoms with Gasteiger partial charge >= 0.3 is 0 Å². The first kappa shape index (κ1) is 15.3. The average molecular weight is 354 g/mol. The molecule has 2 aliphatic carbocycles. The predicted molar refractivity (Wildman–Crippen MR) is 86.5 cm³/mol. The second kappa shape index (κ2) is 5.70. The van der Waals surface area contributed by atoms with Gasteiger partial charge in [0.1, 0.15) is 0 Å². The Hall–Kier alpha value is -1.21. The number of aliphatic hydroxyl groups excluding tert-OH is 1. The van der Waals surface area contributed by atoms with Crippen molar-refractivity contribution in [3.8, 4) is 0 Å². The van der Waals surface area contributed by atoms with E-state index in [0.717, 1.165) is 29.8 Å². The molecule has 1 saturated carbocycles. The van der Waals surface area contributed by atoms with Gasteiger partial charge in [-0.1, -0.05) is 23.2 Å². The molecule has 1 fully saturated rings. The van der Waals surface area contributed by atoms with Gasteiger partial charge in [-0.15, -0.1) is 5.10 Å². The molecule has 0 aliphatic heterocycles. The lowest BCUT2D eigenvalue weighted by Gasteiger charge is -2.27. The molecule has 2 atom stereocenters. The Kier molecular flexibility index (Phi) is 3.80. The van der Waals surface area contributed by atoms with Gasteiger partial charge in [-0.2, -0.15) is 0 Å². The molecule has 23 heavy (non-hydrogen) atoms. The van der Waals surface area contributed by atoms with Gasteiger partial charge in [-0.3, -0.25) is 4.90 Å². The van der Waals surface area contributed by atoms with Gasteiger partial charge in [-0.05, 0) is 53.6 Å². The predicted octanol–water partition coefficient (Wildman–Crippen LogP) is 2.40. The Morgan fingerprint density at radius 1 is 1.35 bits per heavy atom. The fraction of sp³-hybridized carbons (Fsp3) is 0.533. The molecule has 0 unspecified atom stereocenters. The molecule has 1 heterocycles. The number of hydrogen-bond donors (Lipinski definition) is 1. The fourth-order valence-corrected chi connectivity index (χ4v) is 3.99. The summed E-state index contributed by atoms with van der Waals surface area (Å²) in [4.78, 5) is 2.06. The number of benzene rings is 1. The van der Waals surface area contributed by atoms with Gasteiger partial charge in [-0.25, -0.2) is 4.68 Å². The zero-order chi connectivity index (χ0) is 16.1. The Morgan fingerprint density at radius 3 is 2.87 bits per heavy atom. The number of rotatable bonds is 4. The molecular weight excluding hydrogens is 337 g/mol. The molecule has 6 nitrogen and oxygen atoms in total. The van der Waals surface area contributed by atoms with Crippen molar-refractivity contribution in [3.63, 3.8) is 0 Å². The monoisotopic (exact) mass is 353 g/mol. The normalized spacial score (nSPS) is 23.5. The van der Waals surface area contributed by atoms with Crippen molar-refractivity contribution in [1.29, 1.82) is 0 Å². The first-order chi connectivity index (χ1) is 11.0. The third-order valence-corrected chi connectivity index (χ3v) is 5.17. The number of halogens is 2. The number of tetrazole rings is 1. The van der Waals surface area contributed by atoms with Crippen molar-refractivity contribution in [3.05, 3.63) is 39.1 Å². The van der Waals surface area contributed by atoms with Gasteiger partial charge in [0.05, 0.1) is 24.7 Å². The number of likely N-dealkylation sites (N-methyl/N-ethyl adjacent to an activating group) is 1. The number of aromatic nitrogens is 4. The van der Waals surface area contributed by atoms with E-state index in [-0.39, 0.29) is 6.04 Å². The molecule has 4 rings (SSSR count). The average Bonchev–Trinajstić information content (AvgIpc) is 3.13. The van der Waals surface area contributed by atoms with Crippen LogP contribution < -0.4 is 0 Å². The largest absolute Gasteiger partial charge is 0.391 e. The van der Waals surface area contributed by atoms with Crippen LogP contribution in [0.2, 0.25) is 10.0 Å². The van der Waals surface area contributed by atoms with Crippen LogP contribution in [0.3, 0.4) is 0 Å². The summed E-state index contributed by atoms with van der Waals surface area (Å²) in [5.41, 5.74) is 1.96. The maximum atomic E-state index is 10.5. The summed E-state index contributed by atoms with van der Waals surface area (Å²) in [5, 5.41) is 23.7. The summed E-state index contributed by atoms with van der Waals surface area (Å²) in [6.07, 6.45) is 2.27. The molecular formula is C15H17Cl2N5O. The Bertz CT molecular complexity index is 745. The third kappa shape index (κ3) is 2.74. The van der Waals surface area contributed by atoms with Gasteiger partial charge in [0, 0.05) is 16.5 Å². The number of aliphatic hydroxyl groups is 1. The first-order valence-corrected chi connectivity index (χ1v) is 8.43. The van der Waals surface area contributed by atoms with E-state index in [1.54, 1.807) is 6.07 Å². The Morgan fingerprint density at radius 2 is 2.13 bits per heavy atom. The minimum Gasteiger partial charge on any atom is -0.391 e. The van der Waals surface area contributed by atoms with Crippen molar-refractivity contribution < 1.29 is 5.11 Å². The summed E-state index contributed by atoms with van der Waals surface area (Å²) in [6, 6.07) is 3.89. The molecule has 0 spiro atoms. The summed E-state index contributed by atoms with van der Waals surface area (Å²) >= 11 is 12.4. The standard InChI is InChI=1S/C15H17Cl2N5O/c1-21(7-14-18-19-20-22(14)9-2-3-9)15-11-4-8(16)5-12(17)10(11)6-13(15)23/h4-5,9,13,15,23H,2-3,6-7H2,1H3/t13-,15+/m1/s1. The van der Waals surface area contributed by atoms with E-state index in [1.165, 1.54) is 0 Å². The van der Waals surface area contributed by atoms with Gasteiger partial charge < -0.3 is 5.11 Å². The molecule has 1 aromatic heterocycles. The SMILES string of the molecule is CN(Cc1nnnn1C1CC1)[C@H]1c2cc(Cl)cc(Cl)c2C[C@H]1O. The second-order valence-corrected chi connectivity index (χ2v) is 7.20. The van der Waals surface area contributed by atoms with Crippen LogP contribution in [0.5, 0.6) is 0 Å². The second-order valence-electron chi connectivity index (χ2n) is 6.36. The molecule has 1 N–H and O–H groups in total. The highest BCUT2D eigenvalue weighted by molar-refractivity contribution is 6.35. The minimum absolute atomic E-state index is 0.162. The van der Waals surface area contributed by atoms with E-state index in [2.05, 4.69) is 20.4 Å². The Labute approximate surface area is 144 Å². The van der Waals surface area contributed by atoms with Crippen LogP contribution in [0.4, 0.5) is 0 Å². The molecule has 122 valence electrons. The van der Waals surface area contributed by atoms with Gasteiger partial charge in [0.25, 0.3) is 0 Å². The summed E-state index contributed by atoms with van der Waals surface area (Å²) in [6.45, 7) is 0.564. The zero-order valence-electron chi connectivity index (χ0n) is 12.7. The summed E-state index contributed by atoms with van der Waals surface area (Å²) < 4.78 is 1.89. The lowest BCUT2D eigenvalue weighted by Crippen LogP contribution is -2.31. The molecule has 2 aliphatic rings. The molecule has 1 aromatic carbocycles. The highest BCUT2D eigenvalue weighted by Gasteiger charge is 2.37. The number of hydrogen-bond acceptors (Lipinski definition) is 5. The van der Waals surface area contributed by atoms with Crippen molar-refractivity contribution in [1.82, 2.24) is 25.1 Å². The quantitative estimate of drug-likeness (QED) is 0.913. The van der Waals surface area contributed by atoms with Crippen LogP contribution in [0, 0.1) is 0 Å². The van der Waals surface area contributed by atoms with E-state index in [0.29, 0.717) is 29.1 Å². The van der Waals surface area contributed by atoms with E-state index in [4.69, 9.17) is 23.2 Å². The van der Waals surface area contributed by atoms with Crippen molar-refractivity contribution >= 4 is 23.2 Å². The third-order valence-electron chi connectivity index (χ3n) is 4.61. The lowest BCUT2D eigenvalue weighted by atomic mass is 10.1. The highest BCUT2D eigenvalue weighted by Crippen LogP contribution is 2.41. The van der Waals surface area contributed by atoms with Gasteiger partial charge in [0.2, 0.25) is 0 Å². The fourth-order valence-electron chi connectivity index (χ4n) is 3.40. The maximum absolute atomic E-state index is 10.5. The van der Waals surface area contributed by atoms with E-state index < -0.39 is 6.10 Å². The van der Waals surface area contributed by atoms with E-state index in [1.807, 2.05) is 17.8 Å². The number of fused-ring (bicyclic) bond motifs is 1. The van der Waals surface area contributed by atoms with Gasteiger partial charge in [0.15, 0.2) is 5.82 Å². The summed E-state index contributed by atoms with van der Waals surface area (Å²) in [7, 11) is 1.96. The minimum atomic E-state index is -0.517. The van der Waals surface area contributed by atoms with Crippen LogP contribution in [0.15, 0.2) is 12.1 Å². The maximum Gasteiger partial charge on any atom is 0.165 e. The lowest BCUT2D eigenvalue weighted by molar-refractivity contribution is 0.0703. The molecule has 0 saturated heterocycles. The van der Waals surface area contributed by atoms with E-state index in [9.17, 15) is 5.11 Å². The molecule has 0 bridgehead atoms. The van der Waals surface area contributed by atoms with Crippen molar-refractivity contribution in [2.45, 2.75) is 44.0 Å².